The van der Waals surface area contributed by atoms with Crippen LogP contribution < -0.4 is 10.6 Å². The van der Waals surface area contributed by atoms with Gasteiger partial charge in [0.2, 0.25) is 0 Å². The fourth-order valence-electron chi connectivity index (χ4n) is 2.09. The first-order valence-electron chi connectivity index (χ1n) is 6.29. The van der Waals surface area contributed by atoms with Crippen LogP contribution in [0.25, 0.3) is 0 Å². The molecule has 114 valence electrons. The van der Waals surface area contributed by atoms with E-state index in [1.807, 2.05) is 0 Å². The number of hydrogen-bond donors (Lipinski definition) is 3. The molecule has 0 aromatic heterocycles. The van der Waals surface area contributed by atoms with Crippen molar-refractivity contribution in [2.45, 2.75) is 18.4 Å². The highest BCUT2D eigenvalue weighted by Gasteiger charge is 2.41. The molecule has 8 heteroatoms. The third-order valence-corrected chi connectivity index (χ3v) is 3.97. The summed E-state index contributed by atoms with van der Waals surface area (Å²) in [6, 6.07) is 3.48. The summed E-state index contributed by atoms with van der Waals surface area (Å²) < 4.78 is 19.1. The second-order valence-electron chi connectivity index (χ2n) is 4.68. The summed E-state index contributed by atoms with van der Waals surface area (Å²) in [7, 11) is 0. The highest BCUT2D eigenvalue weighted by molar-refractivity contribution is 9.10. The van der Waals surface area contributed by atoms with Crippen molar-refractivity contribution in [1.29, 1.82) is 0 Å². The van der Waals surface area contributed by atoms with Crippen molar-refractivity contribution in [3.63, 3.8) is 0 Å². The lowest BCUT2D eigenvalue weighted by Gasteiger charge is -2.33. The Morgan fingerprint density at radius 2 is 2.00 bits per heavy atom. The summed E-state index contributed by atoms with van der Waals surface area (Å²) in [6.07, 6.45) is 0.322. The maximum atomic E-state index is 13.6. The summed E-state index contributed by atoms with van der Waals surface area (Å²) >= 11 is 3.12. The maximum Gasteiger partial charge on any atom is 0.329 e. The average molecular weight is 361 g/mol. The van der Waals surface area contributed by atoms with E-state index in [0.717, 1.165) is 0 Å². The van der Waals surface area contributed by atoms with Gasteiger partial charge >= 0.3 is 12.0 Å². The Hall–Kier alpha value is -1.67. The molecule has 0 aliphatic carbocycles. The number of aliphatic carboxylic acids is 1. The van der Waals surface area contributed by atoms with Crippen molar-refractivity contribution in [2.24, 2.45) is 0 Å². The second-order valence-corrected chi connectivity index (χ2v) is 5.53. The highest BCUT2D eigenvalue weighted by atomic mass is 79.9. The summed E-state index contributed by atoms with van der Waals surface area (Å²) in [5, 5.41) is 14.1. The number of hydrogen-bond acceptors (Lipinski definition) is 3. The Bertz CT molecular complexity index is 541. The van der Waals surface area contributed by atoms with E-state index in [-0.39, 0.29) is 31.7 Å². The fourth-order valence-corrected chi connectivity index (χ4v) is 2.53. The molecule has 0 bridgehead atoms. The van der Waals surface area contributed by atoms with E-state index >= 15 is 0 Å². The van der Waals surface area contributed by atoms with Gasteiger partial charge in [-0.1, -0.05) is 6.07 Å². The van der Waals surface area contributed by atoms with Gasteiger partial charge in [0, 0.05) is 30.5 Å². The zero-order chi connectivity index (χ0) is 15.5. The Morgan fingerprint density at radius 1 is 1.33 bits per heavy atom. The van der Waals surface area contributed by atoms with Crippen molar-refractivity contribution < 1.29 is 23.8 Å². The first kappa shape index (κ1) is 15.7. The van der Waals surface area contributed by atoms with Crippen molar-refractivity contribution >= 4 is 33.6 Å². The van der Waals surface area contributed by atoms with Crippen LogP contribution in [0, 0.1) is 5.82 Å². The number of ether oxygens (including phenoxy) is 1. The lowest BCUT2D eigenvalue weighted by atomic mass is 9.90. The normalized spacial score (nSPS) is 17.0. The smallest absolute Gasteiger partial charge is 0.329 e. The van der Waals surface area contributed by atoms with Gasteiger partial charge in [-0.25, -0.2) is 14.0 Å². The number of rotatable bonds is 3. The zero-order valence-electron chi connectivity index (χ0n) is 11.0. The maximum absolute atomic E-state index is 13.6. The number of urea groups is 1. The van der Waals surface area contributed by atoms with E-state index in [2.05, 4.69) is 26.6 Å². The van der Waals surface area contributed by atoms with Crippen LogP contribution in [0.5, 0.6) is 0 Å². The number of carbonyl (C=O) groups excluding carboxylic acids is 1. The van der Waals surface area contributed by atoms with E-state index in [1.165, 1.54) is 12.1 Å². The van der Waals surface area contributed by atoms with Gasteiger partial charge in [0.1, 0.15) is 11.4 Å². The van der Waals surface area contributed by atoms with E-state index in [4.69, 9.17) is 4.74 Å². The molecule has 2 amide bonds. The summed E-state index contributed by atoms with van der Waals surface area (Å²) in [5.41, 5.74) is -1.43. The molecule has 21 heavy (non-hydrogen) atoms. The molecular formula is C13H14BrFN2O4. The molecule has 0 spiro atoms. The first-order chi connectivity index (χ1) is 9.94. The van der Waals surface area contributed by atoms with Crippen LogP contribution in [-0.2, 0) is 9.53 Å². The molecular weight excluding hydrogens is 347 g/mol. The predicted octanol–water partition coefficient (Wildman–Crippen LogP) is 2.34. The van der Waals surface area contributed by atoms with Crippen molar-refractivity contribution in [1.82, 2.24) is 5.32 Å². The van der Waals surface area contributed by atoms with E-state index in [1.54, 1.807) is 6.07 Å². The third-order valence-electron chi connectivity index (χ3n) is 3.31. The van der Waals surface area contributed by atoms with Gasteiger partial charge in [-0.3, -0.25) is 0 Å². The van der Waals surface area contributed by atoms with E-state index in [0.29, 0.717) is 4.47 Å². The Labute approximate surface area is 128 Å². The molecule has 1 aromatic carbocycles. The minimum atomic E-state index is -1.39. The van der Waals surface area contributed by atoms with Crippen LogP contribution in [0.4, 0.5) is 14.9 Å². The zero-order valence-corrected chi connectivity index (χ0v) is 12.6. The molecule has 1 aliphatic rings. The number of halogens is 2. The Balaban J connectivity index is 2.11. The van der Waals surface area contributed by atoms with E-state index in [9.17, 15) is 19.1 Å². The molecule has 6 nitrogen and oxygen atoms in total. The van der Waals surface area contributed by atoms with Gasteiger partial charge in [0.05, 0.1) is 5.69 Å². The molecule has 3 N–H and O–H groups in total. The van der Waals surface area contributed by atoms with Crippen LogP contribution in [0.3, 0.4) is 0 Å². The lowest BCUT2D eigenvalue weighted by Crippen LogP contribution is -2.58. The van der Waals surface area contributed by atoms with Crippen LogP contribution >= 0.6 is 15.9 Å². The van der Waals surface area contributed by atoms with Gasteiger partial charge in [-0.05, 0) is 28.1 Å². The van der Waals surface area contributed by atoms with Crippen LogP contribution in [0.2, 0.25) is 0 Å². The summed E-state index contributed by atoms with van der Waals surface area (Å²) in [6.45, 7) is 0.492. The second kappa shape index (κ2) is 6.40. The Kier molecular flexibility index (Phi) is 4.79. The predicted molar refractivity (Wildman–Crippen MR) is 76.7 cm³/mol. The standard InChI is InChI=1S/C13H14BrFN2O4/c14-8-2-1-3-9(15)10(8)16-12(20)17-13(11(18)19)4-6-21-7-5-13/h1-3H,4-7H2,(H,18,19)(H2,16,17,20). The fraction of sp³-hybridized carbons (Fsp3) is 0.385. The molecule has 1 aromatic rings. The number of carbonyl (C=O) groups is 2. The van der Waals surface area contributed by atoms with Crippen LogP contribution in [0.15, 0.2) is 22.7 Å². The van der Waals surface area contributed by atoms with Gasteiger partial charge in [0.25, 0.3) is 0 Å². The molecule has 1 fully saturated rings. The highest BCUT2D eigenvalue weighted by Crippen LogP contribution is 2.26. The molecule has 0 saturated carbocycles. The van der Waals surface area contributed by atoms with Crippen LogP contribution in [-0.4, -0.2) is 35.9 Å². The van der Waals surface area contributed by atoms with Crippen LogP contribution in [0.1, 0.15) is 12.8 Å². The van der Waals surface area contributed by atoms with Gasteiger partial charge in [0.15, 0.2) is 0 Å². The number of benzene rings is 1. The summed E-state index contributed by atoms with van der Waals surface area (Å²) in [5.74, 6) is -1.75. The average Bonchev–Trinajstić information content (AvgIpc) is 2.44. The van der Waals surface area contributed by atoms with Crippen molar-refractivity contribution in [3.8, 4) is 0 Å². The van der Waals surface area contributed by atoms with E-state index < -0.39 is 23.4 Å². The lowest BCUT2D eigenvalue weighted by molar-refractivity contribution is -0.148. The van der Waals surface area contributed by atoms with Crippen molar-refractivity contribution in [2.75, 3.05) is 18.5 Å². The van der Waals surface area contributed by atoms with Gasteiger partial charge in [-0.15, -0.1) is 0 Å². The van der Waals surface area contributed by atoms with Gasteiger partial charge in [-0.2, -0.15) is 0 Å². The largest absolute Gasteiger partial charge is 0.480 e. The van der Waals surface area contributed by atoms with Crippen molar-refractivity contribution in [3.05, 3.63) is 28.5 Å². The quantitative estimate of drug-likeness (QED) is 0.771. The number of amides is 2. The van der Waals surface area contributed by atoms with Gasteiger partial charge < -0.3 is 20.5 Å². The molecule has 0 radical (unpaired) electrons. The molecule has 1 heterocycles. The summed E-state index contributed by atoms with van der Waals surface area (Å²) in [4.78, 5) is 23.4. The topological polar surface area (TPSA) is 87.7 Å². The number of para-hydroxylation sites is 1. The minimum Gasteiger partial charge on any atom is -0.480 e. The SMILES string of the molecule is O=C(Nc1c(F)cccc1Br)NC1(C(=O)O)CCOCC1. The first-order valence-corrected chi connectivity index (χ1v) is 7.08. The minimum absolute atomic E-state index is 0.0393. The Morgan fingerprint density at radius 3 is 2.57 bits per heavy atom. The molecule has 2 rings (SSSR count). The number of nitrogens with one attached hydrogen (secondary N) is 2. The molecule has 1 aliphatic heterocycles. The third kappa shape index (κ3) is 3.51. The number of carboxylic acid groups (broad SMARTS) is 1. The monoisotopic (exact) mass is 360 g/mol. The number of anilines is 1. The molecule has 0 atom stereocenters. The molecule has 1 saturated heterocycles. The number of carboxylic acids is 1. The molecule has 0 unspecified atom stereocenters.